The van der Waals surface area contributed by atoms with E-state index in [2.05, 4.69) is 6.58 Å². The van der Waals surface area contributed by atoms with Gasteiger partial charge in [0.2, 0.25) is 5.76 Å². The maximum Gasteiger partial charge on any atom is 0.374 e. The molecule has 0 aliphatic heterocycles. The van der Waals surface area contributed by atoms with Crippen molar-refractivity contribution in [1.29, 1.82) is 0 Å². The van der Waals surface area contributed by atoms with Crippen LogP contribution in [0.4, 0.5) is 0 Å². The first-order chi connectivity index (χ1) is 10.2. The Morgan fingerprint density at radius 1 is 1.41 bits per heavy atom. The number of hydrogen-bond donors (Lipinski definition) is 0. The highest BCUT2D eigenvalue weighted by Crippen LogP contribution is 2.66. The van der Waals surface area contributed by atoms with E-state index in [0.29, 0.717) is 6.42 Å². The van der Waals surface area contributed by atoms with Crippen molar-refractivity contribution in [3.05, 3.63) is 24.0 Å². The summed E-state index contributed by atoms with van der Waals surface area (Å²) in [6.45, 7) is 10.8. The first-order valence-corrected chi connectivity index (χ1v) is 7.51. The minimum atomic E-state index is -0.761. The number of hydrogen-bond acceptors (Lipinski definition) is 5. The van der Waals surface area contributed by atoms with Crippen molar-refractivity contribution >= 4 is 17.7 Å². The number of rotatable bonds is 4. The lowest BCUT2D eigenvalue weighted by Crippen LogP contribution is -2.34. The lowest BCUT2D eigenvalue weighted by molar-refractivity contribution is -0.150. The summed E-state index contributed by atoms with van der Waals surface area (Å²) < 4.78 is 10.0. The number of ether oxygens (including phenoxy) is 2. The molecule has 2 saturated carbocycles. The molecule has 22 heavy (non-hydrogen) atoms. The van der Waals surface area contributed by atoms with Crippen molar-refractivity contribution in [2.24, 2.45) is 16.7 Å². The van der Waals surface area contributed by atoms with Crippen molar-refractivity contribution in [3.63, 3.8) is 0 Å². The van der Waals surface area contributed by atoms with Gasteiger partial charge in [0.25, 0.3) is 0 Å². The van der Waals surface area contributed by atoms with Gasteiger partial charge in [-0.15, -0.1) is 6.58 Å². The molecule has 2 bridgehead atoms. The molecule has 0 aromatic carbocycles. The van der Waals surface area contributed by atoms with Crippen molar-refractivity contribution in [2.75, 3.05) is 6.61 Å². The summed E-state index contributed by atoms with van der Waals surface area (Å²) in [6, 6.07) is 0. The van der Waals surface area contributed by atoms with Crippen LogP contribution in [-0.4, -0.2) is 24.3 Å². The Balaban J connectivity index is 2.61. The van der Waals surface area contributed by atoms with Gasteiger partial charge < -0.3 is 9.47 Å². The molecule has 2 aliphatic rings. The number of allylic oxidation sites excluding steroid dienone is 2. The van der Waals surface area contributed by atoms with E-state index in [-0.39, 0.29) is 35.1 Å². The highest BCUT2D eigenvalue weighted by molar-refractivity contribution is 6.11. The Labute approximate surface area is 130 Å². The van der Waals surface area contributed by atoms with Crippen LogP contribution in [0.2, 0.25) is 0 Å². The molecule has 0 spiro atoms. The molecular weight excluding hydrogens is 284 g/mol. The Morgan fingerprint density at radius 2 is 2.05 bits per heavy atom. The molecule has 2 unspecified atom stereocenters. The zero-order valence-electron chi connectivity index (χ0n) is 13.5. The quantitative estimate of drug-likeness (QED) is 0.345. The predicted molar refractivity (Wildman–Crippen MR) is 79.6 cm³/mol. The van der Waals surface area contributed by atoms with Crippen LogP contribution in [0.5, 0.6) is 0 Å². The third-order valence-electron chi connectivity index (χ3n) is 5.15. The zero-order chi connectivity index (χ0) is 16.7. The molecule has 0 radical (unpaired) electrons. The number of fused-ring (bicyclic) bond motifs is 2. The van der Waals surface area contributed by atoms with E-state index in [1.165, 1.54) is 6.92 Å². The standard InChI is InChI=1S/C17H22O5/c1-6-17-9-8-11(16(17,4)5)12(14(17)19)13(22-10(3)18)15(20)21-7-2/h6,11H,1,7-9H2,2-5H3/b13-12-. The molecule has 2 fully saturated rings. The van der Waals surface area contributed by atoms with Gasteiger partial charge in [-0.1, -0.05) is 19.9 Å². The van der Waals surface area contributed by atoms with E-state index in [1.807, 2.05) is 13.8 Å². The largest absolute Gasteiger partial charge is 0.460 e. The minimum Gasteiger partial charge on any atom is -0.460 e. The van der Waals surface area contributed by atoms with Gasteiger partial charge in [0.1, 0.15) is 0 Å². The van der Waals surface area contributed by atoms with Gasteiger partial charge in [-0.3, -0.25) is 9.59 Å². The molecule has 0 amide bonds. The molecule has 0 saturated heterocycles. The topological polar surface area (TPSA) is 69.7 Å². The van der Waals surface area contributed by atoms with E-state index in [1.54, 1.807) is 13.0 Å². The first-order valence-electron chi connectivity index (χ1n) is 7.51. The van der Waals surface area contributed by atoms with Crippen molar-refractivity contribution in [2.45, 2.75) is 40.5 Å². The Morgan fingerprint density at radius 3 is 2.50 bits per heavy atom. The molecule has 120 valence electrons. The van der Waals surface area contributed by atoms with Crippen LogP contribution in [-0.2, 0) is 23.9 Å². The first kappa shape index (κ1) is 16.5. The van der Waals surface area contributed by atoms with Crippen LogP contribution in [0, 0.1) is 16.7 Å². The normalized spacial score (nSPS) is 30.9. The molecule has 0 heterocycles. The highest BCUT2D eigenvalue weighted by atomic mass is 16.6. The van der Waals surface area contributed by atoms with Crippen molar-refractivity contribution in [1.82, 2.24) is 0 Å². The van der Waals surface area contributed by atoms with E-state index in [4.69, 9.17) is 9.47 Å². The van der Waals surface area contributed by atoms with E-state index < -0.39 is 17.4 Å². The summed E-state index contributed by atoms with van der Waals surface area (Å²) in [5.74, 6) is -1.97. The molecule has 0 aromatic heterocycles. The molecule has 2 rings (SSSR count). The van der Waals surface area contributed by atoms with E-state index in [0.717, 1.165) is 6.42 Å². The molecular formula is C17H22O5. The van der Waals surface area contributed by atoms with Crippen LogP contribution in [0.1, 0.15) is 40.5 Å². The van der Waals surface area contributed by atoms with Crippen LogP contribution in [0.15, 0.2) is 24.0 Å². The average molecular weight is 306 g/mol. The molecule has 5 heteroatoms. The lowest BCUT2D eigenvalue weighted by atomic mass is 9.69. The summed E-state index contributed by atoms with van der Waals surface area (Å²) in [7, 11) is 0. The van der Waals surface area contributed by atoms with Gasteiger partial charge in [-0.25, -0.2) is 4.79 Å². The van der Waals surface area contributed by atoms with Gasteiger partial charge >= 0.3 is 11.9 Å². The molecule has 2 atom stereocenters. The highest BCUT2D eigenvalue weighted by Gasteiger charge is 2.66. The van der Waals surface area contributed by atoms with Gasteiger partial charge in [0.05, 0.1) is 17.6 Å². The Kier molecular flexibility index (Phi) is 4.02. The lowest BCUT2D eigenvalue weighted by Gasteiger charge is -2.32. The maximum absolute atomic E-state index is 12.9. The van der Waals surface area contributed by atoms with Crippen LogP contribution >= 0.6 is 0 Å². The summed E-state index contributed by atoms with van der Waals surface area (Å²) in [5, 5.41) is 0. The monoisotopic (exact) mass is 306 g/mol. The molecule has 0 N–H and O–H groups in total. The Hall–Kier alpha value is -1.91. The molecule has 2 aliphatic carbocycles. The fourth-order valence-corrected chi connectivity index (χ4v) is 3.94. The van der Waals surface area contributed by atoms with Crippen LogP contribution in [0.25, 0.3) is 0 Å². The fourth-order valence-electron chi connectivity index (χ4n) is 3.94. The minimum absolute atomic E-state index is 0.142. The van der Waals surface area contributed by atoms with Gasteiger partial charge in [0.15, 0.2) is 5.78 Å². The second kappa shape index (κ2) is 5.38. The number of esters is 2. The van der Waals surface area contributed by atoms with Gasteiger partial charge in [-0.2, -0.15) is 0 Å². The second-order valence-electron chi connectivity index (χ2n) is 6.37. The third kappa shape index (κ3) is 2.02. The van der Waals surface area contributed by atoms with Crippen molar-refractivity contribution < 1.29 is 23.9 Å². The Bertz CT molecular complexity index is 584. The number of carbonyl (C=O) groups is 3. The average Bonchev–Trinajstić information content (AvgIpc) is 2.78. The predicted octanol–water partition coefficient (Wildman–Crippen LogP) is 2.56. The summed E-state index contributed by atoms with van der Waals surface area (Å²) in [6.07, 6.45) is 3.13. The second-order valence-corrected chi connectivity index (χ2v) is 6.37. The zero-order valence-corrected chi connectivity index (χ0v) is 13.5. The third-order valence-corrected chi connectivity index (χ3v) is 5.15. The van der Waals surface area contributed by atoms with E-state index >= 15 is 0 Å². The van der Waals surface area contributed by atoms with Gasteiger partial charge in [-0.05, 0) is 31.1 Å². The smallest absolute Gasteiger partial charge is 0.374 e. The van der Waals surface area contributed by atoms with Gasteiger partial charge in [0, 0.05) is 6.92 Å². The molecule has 0 aromatic rings. The summed E-state index contributed by atoms with van der Waals surface area (Å²) in [4.78, 5) is 36.4. The van der Waals surface area contributed by atoms with Crippen molar-refractivity contribution in [3.8, 4) is 0 Å². The fraction of sp³-hybridized carbons (Fsp3) is 0.588. The SMILES string of the molecule is C=CC12CCC(/C(=C(/OC(C)=O)C(=O)OCC)C1=O)C2(C)C. The van der Waals surface area contributed by atoms with Crippen LogP contribution in [0.3, 0.4) is 0 Å². The maximum atomic E-state index is 12.9. The summed E-state index contributed by atoms with van der Waals surface area (Å²) >= 11 is 0. The summed E-state index contributed by atoms with van der Waals surface area (Å²) in [5.41, 5.74) is -0.783. The van der Waals surface area contributed by atoms with Crippen LogP contribution < -0.4 is 0 Å². The number of ketones is 1. The van der Waals surface area contributed by atoms with E-state index in [9.17, 15) is 14.4 Å². The number of carbonyl (C=O) groups excluding carboxylic acids is 3. The molecule has 5 nitrogen and oxygen atoms in total. The number of Topliss-reactive ketones (excluding diaryl/α,β-unsaturated/α-hetero) is 1.